The van der Waals surface area contributed by atoms with Gasteiger partial charge >= 0.3 is 6.09 Å². The number of likely N-dealkylation sites (tertiary alicyclic amines) is 1. The molecule has 2 unspecified atom stereocenters. The molecule has 2 fully saturated rings. The van der Waals surface area contributed by atoms with Crippen LogP contribution in [0.1, 0.15) is 19.3 Å². The SMILES string of the molecule is CN1C2CCC1CN(C(=O)OCCl)CC2. The smallest absolute Gasteiger partial charge is 0.411 e. The number of hydrogen-bond donors (Lipinski definition) is 0. The van der Waals surface area contributed by atoms with Gasteiger partial charge in [-0.25, -0.2) is 4.79 Å². The van der Waals surface area contributed by atoms with Crippen LogP contribution in [0.25, 0.3) is 0 Å². The summed E-state index contributed by atoms with van der Waals surface area (Å²) in [6, 6.07) is 1.09. The zero-order valence-corrected chi connectivity index (χ0v) is 9.74. The fraction of sp³-hybridized carbons (Fsp3) is 0.900. The van der Waals surface area contributed by atoms with E-state index in [4.69, 9.17) is 16.3 Å². The maximum absolute atomic E-state index is 11.5. The van der Waals surface area contributed by atoms with E-state index >= 15 is 0 Å². The van der Waals surface area contributed by atoms with E-state index in [1.54, 1.807) is 4.90 Å². The Bertz CT molecular complexity index is 250. The van der Waals surface area contributed by atoms with E-state index in [-0.39, 0.29) is 12.2 Å². The van der Waals surface area contributed by atoms with Crippen molar-refractivity contribution in [1.29, 1.82) is 0 Å². The first-order chi connectivity index (χ1) is 7.22. The third-order valence-corrected chi connectivity index (χ3v) is 3.69. The van der Waals surface area contributed by atoms with E-state index in [0.29, 0.717) is 12.1 Å². The number of carbonyl (C=O) groups excluding carboxylic acids is 1. The zero-order chi connectivity index (χ0) is 10.8. The number of nitrogens with zero attached hydrogens (tertiary/aromatic N) is 2. The first kappa shape index (κ1) is 11.0. The highest BCUT2D eigenvalue weighted by molar-refractivity contribution is 6.17. The molecule has 2 aliphatic rings. The van der Waals surface area contributed by atoms with Gasteiger partial charge < -0.3 is 9.64 Å². The lowest BCUT2D eigenvalue weighted by Crippen LogP contribution is -2.39. The number of amides is 1. The van der Waals surface area contributed by atoms with E-state index in [2.05, 4.69) is 11.9 Å². The van der Waals surface area contributed by atoms with Crippen LogP contribution >= 0.6 is 11.6 Å². The molecule has 0 radical (unpaired) electrons. The molecule has 2 bridgehead atoms. The minimum absolute atomic E-state index is 0.0563. The molecular weight excluding hydrogens is 216 g/mol. The van der Waals surface area contributed by atoms with Crippen LogP contribution in [0.3, 0.4) is 0 Å². The number of halogens is 1. The third-order valence-electron chi connectivity index (χ3n) is 3.58. The summed E-state index contributed by atoms with van der Waals surface area (Å²) in [6.45, 7) is 1.57. The second-order valence-corrected chi connectivity index (χ2v) is 4.52. The molecule has 5 heteroatoms. The summed E-state index contributed by atoms with van der Waals surface area (Å²) in [4.78, 5) is 15.7. The summed E-state index contributed by atoms with van der Waals surface area (Å²) in [5.74, 6) is 0. The van der Waals surface area contributed by atoms with Gasteiger partial charge in [-0.2, -0.15) is 0 Å². The molecule has 0 spiro atoms. The van der Waals surface area contributed by atoms with Gasteiger partial charge in [-0.3, -0.25) is 4.90 Å². The van der Waals surface area contributed by atoms with Crippen LogP contribution in [0.15, 0.2) is 0 Å². The van der Waals surface area contributed by atoms with E-state index in [1.807, 2.05) is 0 Å². The monoisotopic (exact) mass is 232 g/mol. The molecule has 15 heavy (non-hydrogen) atoms. The highest BCUT2D eigenvalue weighted by Crippen LogP contribution is 2.28. The minimum atomic E-state index is -0.272. The Morgan fingerprint density at radius 3 is 2.87 bits per heavy atom. The van der Waals surface area contributed by atoms with E-state index in [9.17, 15) is 4.79 Å². The van der Waals surface area contributed by atoms with E-state index in [0.717, 1.165) is 19.5 Å². The average Bonchev–Trinajstić information content (AvgIpc) is 2.41. The van der Waals surface area contributed by atoms with Crippen LogP contribution < -0.4 is 0 Å². The molecule has 1 amide bonds. The van der Waals surface area contributed by atoms with Crippen LogP contribution in [0.2, 0.25) is 0 Å². The number of carbonyl (C=O) groups is 1. The molecule has 0 aromatic rings. The third kappa shape index (κ3) is 2.21. The van der Waals surface area contributed by atoms with E-state index < -0.39 is 0 Å². The number of hydrogen-bond acceptors (Lipinski definition) is 3. The molecule has 2 rings (SSSR count). The van der Waals surface area contributed by atoms with Gasteiger partial charge in [-0.15, -0.1) is 0 Å². The van der Waals surface area contributed by atoms with Crippen LogP contribution in [0, 0.1) is 0 Å². The van der Waals surface area contributed by atoms with Gasteiger partial charge in [0.25, 0.3) is 0 Å². The highest BCUT2D eigenvalue weighted by atomic mass is 35.5. The molecule has 0 aliphatic carbocycles. The van der Waals surface area contributed by atoms with Crippen molar-refractivity contribution in [3.05, 3.63) is 0 Å². The molecule has 0 aromatic carbocycles. The average molecular weight is 233 g/mol. The zero-order valence-electron chi connectivity index (χ0n) is 8.99. The molecular formula is C10H17ClN2O2. The van der Waals surface area contributed by atoms with Crippen LogP contribution in [0.4, 0.5) is 4.79 Å². The van der Waals surface area contributed by atoms with Crippen molar-refractivity contribution in [2.24, 2.45) is 0 Å². The van der Waals surface area contributed by atoms with Crippen molar-refractivity contribution in [2.45, 2.75) is 31.3 Å². The van der Waals surface area contributed by atoms with Crippen molar-refractivity contribution < 1.29 is 9.53 Å². The standard InChI is InChI=1S/C10H17ClN2O2/c1-12-8-2-3-9(12)6-13(5-4-8)10(14)15-7-11/h8-9H,2-7H2,1H3. The molecule has 86 valence electrons. The maximum atomic E-state index is 11.5. The van der Waals surface area contributed by atoms with Crippen molar-refractivity contribution in [2.75, 3.05) is 26.2 Å². The molecule has 2 saturated heterocycles. The number of rotatable bonds is 1. The second kappa shape index (κ2) is 4.58. The van der Waals surface area contributed by atoms with Crippen molar-refractivity contribution in [1.82, 2.24) is 9.80 Å². The quantitative estimate of drug-likeness (QED) is 0.643. The van der Waals surface area contributed by atoms with Gasteiger partial charge in [-0.1, -0.05) is 11.6 Å². The molecule has 2 aliphatic heterocycles. The molecule has 0 N–H and O–H groups in total. The lowest BCUT2D eigenvalue weighted by molar-refractivity contribution is 0.113. The van der Waals surface area contributed by atoms with Gasteiger partial charge in [0, 0.05) is 25.2 Å². The van der Waals surface area contributed by atoms with Gasteiger partial charge in [-0.05, 0) is 26.3 Å². The number of ether oxygens (including phenoxy) is 1. The van der Waals surface area contributed by atoms with Crippen LogP contribution in [0.5, 0.6) is 0 Å². The van der Waals surface area contributed by atoms with Gasteiger partial charge in [0.1, 0.15) is 0 Å². The molecule has 0 saturated carbocycles. The van der Waals surface area contributed by atoms with E-state index in [1.165, 1.54) is 12.8 Å². The fourth-order valence-corrected chi connectivity index (χ4v) is 2.71. The minimum Gasteiger partial charge on any atom is -0.433 e. The van der Waals surface area contributed by atoms with Crippen LogP contribution in [-0.2, 0) is 4.74 Å². The van der Waals surface area contributed by atoms with Gasteiger partial charge in [0.2, 0.25) is 0 Å². The Morgan fingerprint density at radius 1 is 1.40 bits per heavy atom. The maximum Gasteiger partial charge on any atom is 0.411 e. The fourth-order valence-electron chi connectivity index (χ4n) is 2.61. The van der Waals surface area contributed by atoms with Gasteiger partial charge in [0.05, 0.1) is 0 Å². The number of likely N-dealkylation sites (N-methyl/N-ethyl adjacent to an activating group) is 1. The molecule has 4 nitrogen and oxygen atoms in total. The molecule has 0 aromatic heterocycles. The summed E-state index contributed by atoms with van der Waals surface area (Å²) in [5.41, 5.74) is 0. The normalized spacial score (nSPS) is 31.5. The summed E-state index contributed by atoms with van der Waals surface area (Å²) < 4.78 is 4.81. The number of fused-ring (bicyclic) bond motifs is 2. The summed E-state index contributed by atoms with van der Waals surface area (Å²) in [6.07, 6.45) is 3.22. The summed E-state index contributed by atoms with van der Waals surface area (Å²) >= 11 is 5.38. The first-order valence-corrected chi connectivity index (χ1v) is 5.95. The predicted octanol–water partition coefficient (Wildman–Crippen LogP) is 1.49. The Morgan fingerprint density at radius 2 is 2.13 bits per heavy atom. The molecule has 2 atom stereocenters. The largest absolute Gasteiger partial charge is 0.433 e. The topological polar surface area (TPSA) is 32.8 Å². The lowest BCUT2D eigenvalue weighted by Gasteiger charge is -2.24. The van der Waals surface area contributed by atoms with Crippen molar-refractivity contribution >= 4 is 17.7 Å². The van der Waals surface area contributed by atoms with Crippen LogP contribution in [-0.4, -0.2) is 54.2 Å². The number of alkyl halides is 1. The lowest BCUT2D eigenvalue weighted by atomic mass is 10.1. The van der Waals surface area contributed by atoms with Crippen molar-refractivity contribution in [3.63, 3.8) is 0 Å². The van der Waals surface area contributed by atoms with Crippen molar-refractivity contribution in [3.8, 4) is 0 Å². The second-order valence-electron chi connectivity index (χ2n) is 4.30. The predicted molar refractivity (Wildman–Crippen MR) is 58.0 cm³/mol. The summed E-state index contributed by atoms with van der Waals surface area (Å²) in [5, 5.41) is 0. The molecule has 2 heterocycles. The highest BCUT2D eigenvalue weighted by Gasteiger charge is 2.36. The van der Waals surface area contributed by atoms with Gasteiger partial charge in [0.15, 0.2) is 6.07 Å². The Balaban J connectivity index is 1.97. The Hall–Kier alpha value is -0.480. The summed E-state index contributed by atoms with van der Waals surface area (Å²) in [7, 11) is 2.15. The first-order valence-electron chi connectivity index (χ1n) is 5.42. The Labute approximate surface area is 95.1 Å². The Kier molecular flexibility index (Phi) is 3.36.